The summed E-state index contributed by atoms with van der Waals surface area (Å²) in [7, 11) is 1.40. The van der Waals surface area contributed by atoms with Gasteiger partial charge in [0.25, 0.3) is 0 Å². The molecule has 0 saturated heterocycles. The summed E-state index contributed by atoms with van der Waals surface area (Å²) in [6.07, 6.45) is 8.86. The number of carbonyl (C=O) groups is 5. The fourth-order valence-corrected chi connectivity index (χ4v) is 5.42. The van der Waals surface area contributed by atoms with Gasteiger partial charge >= 0.3 is 29.8 Å². The van der Waals surface area contributed by atoms with Crippen molar-refractivity contribution in [3.63, 3.8) is 0 Å². The van der Waals surface area contributed by atoms with E-state index in [1.807, 2.05) is 12.1 Å². The molecule has 304 valence electrons. The predicted molar refractivity (Wildman–Crippen MR) is 216 cm³/mol. The van der Waals surface area contributed by atoms with Crippen LogP contribution in [0.2, 0.25) is 0 Å². The van der Waals surface area contributed by atoms with Gasteiger partial charge in [0.1, 0.15) is 11.5 Å². The molecule has 4 rings (SSSR count). The van der Waals surface area contributed by atoms with Gasteiger partial charge in [-0.05, 0) is 129 Å². The smallest absolute Gasteiger partial charge is 0.343 e. The molecule has 0 aromatic heterocycles. The highest BCUT2D eigenvalue weighted by molar-refractivity contribution is 5.94. The number of carbonyl (C=O) groups excluding carboxylic acids is 5. The molecule has 12 nitrogen and oxygen atoms in total. The number of esters is 5. The minimum Gasteiger partial charge on any atom is -0.494 e. The third-order valence-electron chi connectivity index (χ3n) is 8.61. The number of hydrogen-bond acceptors (Lipinski definition) is 12. The van der Waals surface area contributed by atoms with Gasteiger partial charge in [0.2, 0.25) is 0 Å². The van der Waals surface area contributed by atoms with Crippen molar-refractivity contribution in [1.29, 1.82) is 0 Å². The lowest BCUT2D eigenvalue weighted by Gasteiger charge is -2.12. The highest BCUT2D eigenvalue weighted by Gasteiger charge is 2.17. The molecule has 4 aromatic rings. The molecule has 12 heteroatoms. The van der Waals surface area contributed by atoms with Crippen molar-refractivity contribution in [3.05, 3.63) is 133 Å². The molecule has 0 saturated carbocycles. The van der Waals surface area contributed by atoms with Crippen molar-refractivity contribution in [3.8, 4) is 34.1 Å². The largest absolute Gasteiger partial charge is 0.494 e. The summed E-state index contributed by atoms with van der Waals surface area (Å²) < 4.78 is 37.6. The summed E-state index contributed by atoms with van der Waals surface area (Å²) in [5, 5.41) is 0. The Morgan fingerprint density at radius 2 is 0.914 bits per heavy atom. The number of ether oxygens (including phenoxy) is 7. The van der Waals surface area contributed by atoms with Crippen molar-refractivity contribution in [2.24, 2.45) is 0 Å². The summed E-state index contributed by atoms with van der Waals surface area (Å²) in [5.41, 5.74) is 2.63. The molecule has 0 N–H and O–H groups in total. The zero-order valence-corrected chi connectivity index (χ0v) is 32.6. The van der Waals surface area contributed by atoms with Gasteiger partial charge in [-0.2, -0.15) is 0 Å². The maximum absolute atomic E-state index is 13.0. The standard InChI is InChI=1S/C46H48O12/c1-4-42(47)54-29-11-7-6-10-28-53-38-23-20-36(21-24-38)45(50)58-40-27-22-37(32-41(40)52-3)46(51)57-39-25-18-34(19-26-39)33-14-16-35(17-15-33)44(49)56-31-13-9-8-12-30-55-43(48)5-2/h4-5,14-27,32H,1-2,6-13,28-31H2,3H3. The molecule has 0 bridgehead atoms. The second kappa shape index (κ2) is 24.1. The van der Waals surface area contributed by atoms with Crippen LogP contribution in [0, 0.1) is 0 Å². The molecular formula is C46H48O12. The Kier molecular flexibility index (Phi) is 18.3. The van der Waals surface area contributed by atoms with Gasteiger partial charge in [-0.1, -0.05) is 37.4 Å². The van der Waals surface area contributed by atoms with Crippen LogP contribution in [-0.4, -0.2) is 63.4 Å². The van der Waals surface area contributed by atoms with E-state index in [0.29, 0.717) is 55.5 Å². The molecule has 0 radical (unpaired) electrons. The van der Waals surface area contributed by atoms with Crippen molar-refractivity contribution in [2.75, 3.05) is 33.5 Å². The highest BCUT2D eigenvalue weighted by Crippen LogP contribution is 2.30. The molecule has 4 aromatic carbocycles. The van der Waals surface area contributed by atoms with Crippen LogP contribution in [0.15, 0.2) is 116 Å². The maximum Gasteiger partial charge on any atom is 0.343 e. The van der Waals surface area contributed by atoms with E-state index in [2.05, 4.69) is 13.2 Å². The van der Waals surface area contributed by atoms with Crippen LogP contribution in [0.25, 0.3) is 11.1 Å². The van der Waals surface area contributed by atoms with Crippen LogP contribution in [0.3, 0.4) is 0 Å². The number of methoxy groups -OCH3 is 1. The monoisotopic (exact) mass is 792 g/mol. The Balaban J connectivity index is 1.19. The Labute approximate surface area is 338 Å². The number of unbranched alkanes of at least 4 members (excludes halogenated alkanes) is 6. The fourth-order valence-electron chi connectivity index (χ4n) is 5.42. The van der Waals surface area contributed by atoms with E-state index in [1.54, 1.807) is 60.7 Å². The minimum atomic E-state index is -0.634. The first-order valence-electron chi connectivity index (χ1n) is 19.0. The number of hydrogen-bond donors (Lipinski definition) is 0. The van der Waals surface area contributed by atoms with E-state index < -0.39 is 29.8 Å². The molecule has 58 heavy (non-hydrogen) atoms. The molecule has 0 fully saturated rings. The first kappa shape index (κ1) is 44.0. The Bertz CT molecular complexity index is 1980. The number of benzene rings is 4. The lowest BCUT2D eigenvalue weighted by Crippen LogP contribution is -2.11. The summed E-state index contributed by atoms with van der Waals surface area (Å²) in [6, 6.07) is 24.9. The van der Waals surface area contributed by atoms with E-state index in [4.69, 9.17) is 33.2 Å². The third-order valence-corrected chi connectivity index (χ3v) is 8.61. The first-order chi connectivity index (χ1) is 28.2. The summed E-state index contributed by atoms with van der Waals surface area (Å²) >= 11 is 0. The average Bonchev–Trinajstić information content (AvgIpc) is 3.25. The van der Waals surface area contributed by atoms with Gasteiger partial charge in [0.05, 0.1) is 50.2 Å². The van der Waals surface area contributed by atoms with Gasteiger partial charge in [-0.3, -0.25) is 0 Å². The van der Waals surface area contributed by atoms with Crippen molar-refractivity contribution < 1.29 is 57.1 Å². The molecular weight excluding hydrogens is 744 g/mol. The lowest BCUT2D eigenvalue weighted by molar-refractivity contribution is -0.138. The van der Waals surface area contributed by atoms with Gasteiger partial charge in [0, 0.05) is 12.2 Å². The molecule has 0 atom stereocenters. The van der Waals surface area contributed by atoms with Crippen LogP contribution >= 0.6 is 0 Å². The molecule has 0 amide bonds. The van der Waals surface area contributed by atoms with E-state index in [1.165, 1.54) is 25.3 Å². The Morgan fingerprint density at radius 3 is 1.47 bits per heavy atom. The number of rotatable bonds is 24. The van der Waals surface area contributed by atoms with E-state index in [9.17, 15) is 24.0 Å². The summed E-state index contributed by atoms with van der Waals surface area (Å²) in [6.45, 7) is 8.24. The van der Waals surface area contributed by atoms with Crippen LogP contribution in [-0.2, 0) is 23.8 Å². The van der Waals surface area contributed by atoms with Crippen LogP contribution in [0.4, 0.5) is 0 Å². The molecule has 0 aliphatic carbocycles. The van der Waals surface area contributed by atoms with Gasteiger partial charge < -0.3 is 33.2 Å². The van der Waals surface area contributed by atoms with Gasteiger partial charge in [-0.15, -0.1) is 0 Å². The van der Waals surface area contributed by atoms with E-state index in [0.717, 1.165) is 68.2 Å². The SMILES string of the molecule is C=CC(=O)OCCCCCCOC(=O)c1ccc(-c2ccc(OC(=O)c3ccc(OC(=O)c4ccc(OCCCCCCOC(=O)C=C)cc4)c(OC)c3)cc2)cc1. The van der Waals surface area contributed by atoms with E-state index in [-0.39, 0.29) is 17.1 Å². The third kappa shape index (κ3) is 14.8. The molecule has 0 aliphatic heterocycles. The van der Waals surface area contributed by atoms with Crippen LogP contribution in [0.5, 0.6) is 23.0 Å². The first-order valence-corrected chi connectivity index (χ1v) is 19.0. The average molecular weight is 793 g/mol. The van der Waals surface area contributed by atoms with Crippen molar-refractivity contribution in [2.45, 2.75) is 51.4 Å². The molecule has 0 aliphatic rings. The Hall–Kier alpha value is -6.69. The minimum absolute atomic E-state index is 0.129. The molecule has 0 heterocycles. The van der Waals surface area contributed by atoms with Crippen molar-refractivity contribution in [1.82, 2.24) is 0 Å². The van der Waals surface area contributed by atoms with Crippen LogP contribution < -0.4 is 18.9 Å². The zero-order chi connectivity index (χ0) is 41.5. The summed E-state index contributed by atoms with van der Waals surface area (Å²) in [4.78, 5) is 60.5. The molecule has 0 unspecified atom stereocenters. The van der Waals surface area contributed by atoms with Crippen LogP contribution in [0.1, 0.15) is 82.4 Å². The summed E-state index contributed by atoms with van der Waals surface area (Å²) in [5.74, 6) is -1.27. The highest BCUT2D eigenvalue weighted by atomic mass is 16.6. The topological polar surface area (TPSA) is 150 Å². The predicted octanol–water partition coefficient (Wildman–Crippen LogP) is 8.92. The van der Waals surface area contributed by atoms with Crippen molar-refractivity contribution >= 4 is 29.8 Å². The van der Waals surface area contributed by atoms with Gasteiger partial charge in [0.15, 0.2) is 11.5 Å². The normalized spacial score (nSPS) is 10.4. The quantitative estimate of drug-likeness (QED) is 0.0219. The zero-order valence-electron chi connectivity index (χ0n) is 32.6. The van der Waals surface area contributed by atoms with E-state index >= 15 is 0 Å². The molecule has 0 spiro atoms. The fraction of sp³-hybridized carbons (Fsp3) is 0.283. The second-order valence-corrected chi connectivity index (χ2v) is 12.8. The maximum atomic E-state index is 13.0. The lowest BCUT2D eigenvalue weighted by atomic mass is 10.0. The van der Waals surface area contributed by atoms with Gasteiger partial charge in [-0.25, -0.2) is 24.0 Å². The second-order valence-electron chi connectivity index (χ2n) is 12.8. The Morgan fingerprint density at radius 1 is 0.466 bits per heavy atom.